The Morgan fingerprint density at radius 3 is 2.79 bits per heavy atom. The lowest BCUT2D eigenvalue weighted by Crippen LogP contribution is -2.33. The molecule has 5 nitrogen and oxygen atoms in total. The summed E-state index contributed by atoms with van der Waals surface area (Å²) in [6, 6.07) is 14.4. The van der Waals surface area contributed by atoms with Gasteiger partial charge >= 0.3 is 0 Å². The van der Waals surface area contributed by atoms with Gasteiger partial charge in [-0.2, -0.15) is 0 Å². The molecule has 0 spiro atoms. The number of fused-ring (bicyclic) bond motifs is 1. The largest absolute Gasteiger partial charge is 0.311 e. The van der Waals surface area contributed by atoms with Crippen molar-refractivity contribution in [1.29, 1.82) is 0 Å². The van der Waals surface area contributed by atoms with Gasteiger partial charge in [-0.1, -0.05) is 43.0 Å². The van der Waals surface area contributed by atoms with E-state index in [2.05, 4.69) is 23.2 Å². The van der Waals surface area contributed by atoms with E-state index in [1.807, 2.05) is 23.1 Å². The highest BCUT2D eigenvalue weighted by molar-refractivity contribution is 8.00. The fourth-order valence-corrected chi connectivity index (χ4v) is 5.00. The second-order valence-electron chi connectivity index (χ2n) is 6.45. The van der Waals surface area contributed by atoms with E-state index in [0.29, 0.717) is 22.6 Å². The van der Waals surface area contributed by atoms with Gasteiger partial charge in [-0.05, 0) is 30.7 Å². The van der Waals surface area contributed by atoms with Gasteiger partial charge < -0.3 is 4.90 Å². The molecule has 8 heteroatoms. The average molecular weight is 415 g/mol. The minimum Gasteiger partial charge on any atom is -0.311 e. The summed E-state index contributed by atoms with van der Waals surface area (Å²) in [6.45, 7) is 2.87. The van der Waals surface area contributed by atoms with Crippen LogP contribution in [-0.4, -0.2) is 38.2 Å². The SMILES string of the molecule is C[C@H]1CCN(C(=O)CSc2nncn2-c2ccccc2F)c2ccccc2S1. The molecule has 0 aliphatic carbocycles. The van der Waals surface area contributed by atoms with Crippen molar-refractivity contribution >= 4 is 35.1 Å². The smallest absolute Gasteiger partial charge is 0.237 e. The zero-order chi connectivity index (χ0) is 19.5. The number of thioether (sulfide) groups is 2. The van der Waals surface area contributed by atoms with E-state index in [4.69, 9.17) is 0 Å². The lowest BCUT2D eigenvalue weighted by molar-refractivity contribution is -0.116. The van der Waals surface area contributed by atoms with Crippen molar-refractivity contribution in [2.24, 2.45) is 0 Å². The first-order chi connectivity index (χ1) is 13.6. The van der Waals surface area contributed by atoms with Gasteiger partial charge in [0.05, 0.1) is 17.1 Å². The number of aromatic nitrogens is 3. The van der Waals surface area contributed by atoms with E-state index in [1.54, 1.807) is 34.5 Å². The molecule has 0 fully saturated rings. The lowest BCUT2D eigenvalue weighted by Gasteiger charge is -2.22. The van der Waals surface area contributed by atoms with Crippen LogP contribution in [0.25, 0.3) is 5.69 Å². The molecule has 0 bridgehead atoms. The Labute approximate surface area is 171 Å². The molecule has 0 saturated heterocycles. The maximum Gasteiger partial charge on any atom is 0.237 e. The molecule has 1 aliphatic rings. The van der Waals surface area contributed by atoms with E-state index in [9.17, 15) is 9.18 Å². The number of rotatable bonds is 4. The van der Waals surface area contributed by atoms with Crippen LogP contribution >= 0.6 is 23.5 Å². The van der Waals surface area contributed by atoms with Gasteiger partial charge in [0.15, 0.2) is 5.16 Å². The van der Waals surface area contributed by atoms with Crippen LogP contribution in [0.1, 0.15) is 13.3 Å². The summed E-state index contributed by atoms with van der Waals surface area (Å²) in [5.41, 5.74) is 1.32. The van der Waals surface area contributed by atoms with Crippen LogP contribution < -0.4 is 4.90 Å². The van der Waals surface area contributed by atoms with Crippen LogP contribution in [0.2, 0.25) is 0 Å². The van der Waals surface area contributed by atoms with Gasteiger partial charge in [0.2, 0.25) is 5.91 Å². The summed E-state index contributed by atoms with van der Waals surface area (Å²) in [7, 11) is 0. The Balaban J connectivity index is 1.52. The van der Waals surface area contributed by atoms with E-state index in [1.165, 1.54) is 24.2 Å². The van der Waals surface area contributed by atoms with Crippen molar-refractivity contribution in [3.05, 3.63) is 60.7 Å². The zero-order valence-electron chi connectivity index (χ0n) is 15.3. The van der Waals surface area contributed by atoms with Crippen LogP contribution in [0.3, 0.4) is 0 Å². The second kappa shape index (κ2) is 8.36. The predicted octanol–water partition coefficient (Wildman–Crippen LogP) is 4.42. The number of nitrogens with zero attached hydrogens (tertiary/aromatic N) is 4. The van der Waals surface area contributed by atoms with Crippen molar-refractivity contribution in [3.63, 3.8) is 0 Å². The molecular weight excluding hydrogens is 395 g/mol. The van der Waals surface area contributed by atoms with E-state index in [-0.39, 0.29) is 17.5 Å². The van der Waals surface area contributed by atoms with Gasteiger partial charge in [0.25, 0.3) is 0 Å². The maximum atomic E-state index is 14.1. The number of para-hydroxylation sites is 2. The third-order valence-electron chi connectivity index (χ3n) is 4.50. The molecule has 144 valence electrons. The van der Waals surface area contributed by atoms with Crippen LogP contribution in [0, 0.1) is 5.82 Å². The third kappa shape index (κ3) is 3.93. The Hall–Kier alpha value is -2.32. The van der Waals surface area contributed by atoms with Crippen molar-refractivity contribution in [2.45, 2.75) is 28.6 Å². The molecule has 0 radical (unpaired) electrons. The van der Waals surface area contributed by atoms with E-state index >= 15 is 0 Å². The number of carbonyl (C=O) groups excluding carboxylic acids is 1. The maximum absolute atomic E-state index is 14.1. The Morgan fingerprint density at radius 1 is 1.21 bits per heavy atom. The van der Waals surface area contributed by atoms with Crippen molar-refractivity contribution in [3.8, 4) is 5.69 Å². The highest BCUT2D eigenvalue weighted by Gasteiger charge is 2.24. The van der Waals surface area contributed by atoms with Crippen LogP contribution in [0.4, 0.5) is 10.1 Å². The number of halogens is 1. The molecule has 0 saturated carbocycles. The molecule has 2 aromatic carbocycles. The van der Waals surface area contributed by atoms with Gasteiger partial charge in [-0.15, -0.1) is 22.0 Å². The Morgan fingerprint density at radius 2 is 1.96 bits per heavy atom. The molecular formula is C20H19FN4OS2. The Kier molecular flexibility index (Phi) is 5.68. The highest BCUT2D eigenvalue weighted by atomic mass is 32.2. The molecule has 4 rings (SSSR count). The summed E-state index contributed by atoms with van der Waals surface area (Å²) in [5.74, 6) is -0.140. The lowest BCUT2D eigenvalue weighted by atomic mass is 10.2. The number of hydrogen-bond acceptors (Lipinski definition) is 5. The van der Waals surface area contributed by atoms with Gasteiger partial charge in [0.1, 0.15) is 12.1 Å². The summed E-state index contributed by atoms with van der Waals surface area (Å²) in [4.78, 5) is 16.0. The first-order valence-electron chi connectivity index (χ1n) is 8.97. The number of anilines is 1. The highest BCUT2D eigenvalue weighted by Crippen LogP contribution is 2.37. The van der Waals surface area contributed by atoms with Crippen molar-refractivity contribution < 1.29 is 9.18 Å². The van der Waals surface area contributed by atoms with Crippen LogP contribution in [0.5, 0.6) is 0 Å². The fraction of sp³-hybridized carbons (Fsp3) is 0.250. The number of hydrogen-bond donors (Lipinski definition) is 0. The van der Waals surface area contributed by atoms with Crippen molar-refractivity contribution in [1.82, 2.24) is 14.8 Å². The van der Waals surface area contributed by atoms with Gasteiger partial charge in [-0.3, -0.25) is 9.36 Å². The van der Waals surface area contributed by atoms with Gasteiger partial charge in [0, 0.05) is 16.7 Å². The molecule has 0 N–H and O–H groups in total. The van der Waals surface area contributed by atoms with Crippen LogP contribution in [0.15, 0.2) is 64.9 Å². The molecule has 2 heterocycles. The zero-order valence-corrected chi connectivity index (χ0v) is 16.9. The topological polar surface area (TPSA) is 51.0 Å². The first kappa shape index (κ1) is 19.0. The minimum absolute atomic E-state index is 0.00948. The fourth-order valence-electron chi connectivity index (χ4n) is 3.09. The quantitative estimate of drug-likeness (QED) is 0.592. The van der Waals surface area contributed by atoms with Crippen LogP contribution in [-0.2, 0) is 4.79 Å². The monoisotopic (exact) mass is 414 g/mol. The average Bonchev–Trinajstić information content (AvgIpc) is 3.09. The van der Waals surface area contributed by atoms with Gasteiger partial charge in [-0.25, -0.2) is 4.39 Å². The molecule has 1 amide bonds. The van der Waals surface area contributed by atoms with E-state index < -0.39 is 0 Å². The third-order valence-corrected chi connectivity index (χ3v) is 6.66. The molecule has 1 atom stereocenters. The molecule has 28 heavy (non-hydrogen) atoms. The summed E-state index contributed by atoms with van der Waals surface area (Å²) < 4.78 is 15.7. The molecule has 3 aromatic rings. The van der Waals surface area contributed by atoms with E-state index in [0.717, 1.165) is 17.0 Å². The second-order valence-corrected chi connectivity index (χ2v) is 8.88. The molecule has 1 aromatic heterocycles. The summed E-state index contributed by atoms with van der Waals surface area (Å²) >= 11 is 3.07. The standard InChI is InChI=1S/C20H19FN4OS2/c1-14-10-11-24(17-8-4-5-9-18(17)28-14)19(26)12-27-20-23-22-13-25(20)16-7-3-2-6-15(16)21/h2-9,13-14H,10-12H2,1H3/t14-/m0/s1. The molecule has 0 unspecified atom stereocenters. The first-order valence-corrected chi connectivity index (χ1v) is 10.8. The number of carbonyl (C=O) groups is 1. The predicted molar refractivity (Wildman–Crippen MR) is 111 cm³/mol. The summed E-state index contributed by atoms with van der Waals surface area (Å²) in [5, 5.41) is 8.89. The number of amides is 1. The normalized spacial score (nSPS) is 16.5. The summed E-state index contributed by atoms with van der Waals surface area (Å²) in [6.07, 6.45) is 2.39. The molecule has 1 aliphatic heterocycles. The Bertz CT molecular complexity index is 994. The van der Waals surface area contributed by atoms with Crippen molar-refractivity contribution in [2.75, 3.05) is 17.2 Å². The minimum atomic E-state index is -0.358. The number of benzene rings is 2.